The van der Waals surface area contributed by atoms with Crippen LogP contribution in [0.2, 0.25) is 10.0 Å². The van der Waals surface area contributed by atoms with E-state index in [0.717, 1.165) is 6.42 Å². The fourth-order valence-electron chi connectivity index (χ4n) is 1.88. The van der Waals surface area contributed by atoms with Gasteiger partial charge in [0, 0.05) is 11.1 Å². The zero-order chi connectivity index (χ0) is 13.8. The molecule has 0 bridgehead atoms. The minimum absolute atomic E-state index is 0.155. The van der Waals surface area contributed by atoms with Crippen molar-refractivity contribution < 1.29 is 14.3 Å². The predicted octanol–water partition coefficient (Wildman–Crippen LogP) is 1.91. The lowest BCUT2D eigenvalue weighted by Crippen LogP contribution is -2.39. The quantitative estimate of drug-likeness (QED) is 0.506. The van der Waals surface area contributed by atoms with Gasteiger partial charge in [0.15, 0.2) is 0 Å². The van der Waals surface area contributed by atoms with E-state index in [-0.39, 0.29) is 12.0 Å². The number of nitrogens with one attached hydrogen (secondary N) is 1. The van der Waals surface area contributed by atoms with Crippen molar-refractivity contribution in [2.24, 2.45) is 5.84 Å². The van der Waals surface area contributed by atoms with Crippen LogP contribution >= 0.6 is 23.2 Å². The van der Waals surface area contributed by atoms with Crippen molar-refractivity contribution >= 4 is 29.1 Å². The zero-order valence-electron chi connectivity index (χ0n) is 10.1. The summed E-state index contributed by atoms with van der Waals surface area (Å²) in [5.74, 6) is 5.24. The van der Waals surface area contributed by atoms with E-state index >= 15 is 0 Å². The minimum Gasteiger partial charge on any atom is -0.489 e. The van der Waals surface area contributed by atoms with Gasteiger partial charge in [-0.3, -0.25) is 10.2 Å². The van der Waals surface area contributed by atoms with Gasteiger partial charge in [-0.25, -0.2) is 5.84 Å². The summed E-state index contributed by atoms with van der Waals surface area (Å²) in [7, 11) is 0. The van der Waals surface area contributed by atoms with Crippen LogP contribution in [0.1, 0.15) is 12.8 Å². The van der Waals surface area contributed by atoms with E-state index in [0.29, 0.717) is 28.8 Å². The van der Waals surface area contributed by atoms with Gasteiger partial charge in [-0.1, -0.05) is 23.2 Å². The Balaban J connectivity index is 1.87. The predicted molar refractivity (Wildman–Crippen MR) is 72.2 cm³/mol. The first-order valence-corrected chi connectivity index (χ1v) is 6.59. The van der Waals surface area contributed by atoms with Gasteiger partial charge >= 0.3 is 0 Å². The van der Waals surface area contributed by atoms with Crippen molar-refractivity contribution in [2.75, 3.05) is 6.61 Å². The van der Waals surface area contributed by atoms with Crippen molar-refractivity contribution in [3.63, 3.8) is 0 Å². The molecule has 0 saturated carbocycles. The molecule has 19 heavy (non-hydrogen) atoms. The summed E-state index contributed by atoms with van der Waals surface area (Å²) in [6, 6.07) is 4.99. The topological polar surface area (TPSA) is 73.6 Å². The third kappa shape index (κ3) is 3.73. The van der Waals surface area contributed by atoms with Crippen LogP contribution in [0.4, 0.5) is 0 Å². The molecule has 2 atom stereocenters. The first-order valence-electron chi connectivity index (χ1n) is 5.84. The minimum atomic E-state index is -0.506. The Hall–Kier alpha value is -1.01. The first kappa shape index (κ1) is 14.4. The van der Waals surface area contributed by atoms with Gasteiger partial charge in [-0.2, -0.15) is 0 Å². The molecule has 2 unspecified atom stereocenters. The Labute approximate surface area is 120 Å². The molecule has 0 aliphatic carbocycles. The number of hydrazine groups is 1. The molecular weight excluding hydrogens is 291 g/mol. The molecule has 1 aliphatic heterocycles. The van der Waals surface area contributed by atoms with E-state index < -0.39 is 6.10 Å². The summed E-state index contributed by atoms with van der Waals surface area (Å²) in [6.07, 6.45) is 0.696. The fraction of sp³-hybridized carbons (Fsp3) is 0.417. The number of hydrogen-bond acceptors (Lipinski definition) is 4. The van der Waals surface area contributed by atoms with Gasteiger partial charge < -0.3 is 9.47 Å². The van der Waals surface area contributed by atoms with E-state index in [1.807, 2.05) is 0 Å². The number of carbonyl (C=O) groups is 1. The normalized spacial score (nSPS) is 22.3. The maximum atomic E-state index is 11.3. The van der Waals surface area contributed by atoms with Gasteiger partial charge in [0.05, 0.1) is 11.1 Å². The third-order valence-electron chi connectivity index (χ3n) is 2.86. The highest BCUT2D eigenvalue weighted by Crippen LogP contribution is 2.29. The molecule has 0 aromatic heterocycles. The number of carbonyl (C=O) groups excluding carboxylic acids is 1. The van der Waals surface area contributed by atoms with Gasteiger partial charge in [-0.05, 0) is 25.0 Å². The molecule has 1 heterocycles. The van der Waals surface area contributed by atoms with Gasteiger partial charge in [0.2, 0.25) is 0 Å². The zero-order valence-corrected chi connectivity index (χ0v) is 11.6. The Kier molecular flexibility index (Phi) is 4.87. The number of nitrogens with two attached hydrogens (primary N) is 1. The van der Waals surface area contributed by atoms with E-state index in [2.05, 4.69) is 5.43 Å². The van der Waals surface area contributed by atoms with Crippen LogP contribution < -0.4 is 16.0 Å². The highest BCUT2D eigenvalue weighted by Gasteiger charge is 2.30. The lowest BCUT2D eigenvalue weighted by Gasteiger charge is -2.14. The van der Waals surface area contributed by atoms with Crippen LogP contribution in [0.25, 0.3) is 0 Å². The molecule has 1 aromatic rings. The molecule has 5 nitrogen and oxygen atoms in total. The summed E-state index contributed by atoms with van der Waals surface area (Å²) < 4.78 is 11.1. The summed E-state index contributed by atoms with van der Waals surface area (Å²) in [4.78, 5) is 11.3. The second kappa shape index (κ2) is 6.43. The SMILES string of the molecule is NNC(=O)C1CCC(COc2cc(Cl)ccc2Cl)O1. The van der Waals surface area contributed by atoms with E-state index in [4.69, 9.17) is 38.5 Å². The van der Waals surface area contributed by atoms with Crippen LogP contribution in [0.5, 0.6) is 5.75 Å². The van der Waals surface area contributed by atoms with Crippen molar-refractivity contribution in [3.8, 4) is 5.75 Å². The van der Waals surface area contributed by atoms with Crippen LogP contribution in [0, 0.1) is 0 Å². The van der Waals surface area contributed by atoms with Gasteiger partial charge in [0.25, 0.3) is 5.91 Å². The lowest BCUT2D eigenvalue weighted by atomic mass is 10.2. The molecule has 1 amide bonds. The maximum absolute atomic E-state index is 11.3. The molecule has 1 saturated heterocycles. The molecule has 2 rings (SSSR count). The second-order valence-electron chi connectivity index (χ2n) is 4.22. The van der Waals surface area contributed by atoms with Crippen LogP contribution in [0.3, 0.4) is 0 Å². The van der Waals surface area contributed by atoms with Gasteiger partial charge in [0.1, 0.15) is 18.5 Å². The maximum Gasteiger partial charge on any atom is 0.263 e. The number of halogens is 2. The van der Waals surface area contributed by atoms with Crippen LogP contribution in [-0.4, -0.2) is 24.7 Å². The molecule has 104 valence electrons. The molecule has 1 fully saturated rings. The van der Waals surface area contributed by atoms with Crippen LogP contribution in [0.15, 0.2) is 18.2 Å². The smallest absolute Gasteiger partial charge is 0.263 e. The Morgan fingerprint density at radius 3 is 3.00 bits per heavy atom. The molecular formula is C12H14Cl2N2O3. The molecule has 1 aliphatic rings. The van der Waals surface area contributed by atoms with Gasteiger partial charge in [-0.15, -0.1) is 0 Å². The van der Waals surface area contributed by atoms with Crippen molar-refractivity contribution in [2.45, 2.75) is 25.0 Å². The Bertz CT molecular complexity index is 470. The van der Waals surface area contributed by atoms with Crippen molar-refractivity contribution in [3.05, 3.63) is 28.2 Å². The lowest BCUT2D eigenvalue weighted by molar-refractivity contribution is -0.132. The summed E-state index contributed by atoms with van der Waals surface area (Å²) in [6.45, 7) is 0.314. The van der Waals surface area contributed by atoms with E-state index in [9.17, 15) is 4.79 Å². The standard InChI is InChI=1S/C12H14Cl2N2O3/c13-7-1-3-9(14)11(5-7)18-6-8-2-4-10(19-8)12(17)16-15/h1,3,5,8,10H,2,4,6,15H2,(H,16,17). The molecule has 1 aromatic carbocycles. The number of rotatable bonds is 4. The van der Waals surface area contributed by atoms with E-state index in [1.54, 1.807) is 18.2 Å². The highest BCUT2D eigenvalue weighted by molar-refractivity contribution is 6.34. The Morgan fingerprint density at radius 2 is 2.26 bits per heavy atom. The average molecular weight is 305 g/mol. The number of hydrogen-bond donors (Lipinski definition) is 2. The number of benzene rings is 1. The summed E-state index contributed by atoms with van der Waals surface area (Å²) in [5.41, 5.74) is 2.07. The Morgan fingerprint density at radius 1 is 1.47 bits per heavy atom. The average Bonchev–Trinajstić information content (AvgIpc) is 2.88. The van der Waals surface area contributed by atoms with Crippen molar-refractivity contribution in [1.82, 2.24) is 5.43 Å². The molecule has 7 heteroatoms. The summed E-state index contributed by atoms with van der Waals surface area (Å²) in [5, 5.41) is 1.03. The largest absolute Gasteiger partial charge is 0.489 e. The third-order valence-corrected chi connectivity index (χ3v) is 3.41. The monoisotopic (exact) mass is 304 g/mol. The molecule has 3 N–H and O–H groups in total. The second-order valence-corrected chi connectivity index (χ2v) is 5.06. The number of amides is 1. The fourth-order valence-corrected chi connectivity index (χ4v) is 2.22. The van der Waals surface area contributed by atoms with Crippen molar-refractivity contribution in [1.29, 1.82) is 0 Å². The summed E-state index contributed by atoms with van der Waals surface area (Å²) >= 11 is 11.8. The van der Waals surface area contributed by atoms with E-state index in [1.165, 1.54) is 0 Å². The first-order chi connectivity index (χ1) is 9.10. The molecule has 0 spiro atoms. The molecule has 0 radical (unpaired) electrons. The highest BCUT2D eigenvalue weighted by atomic mass is 35.5. The van der Waals surface area contributed by atoms with Crippen LogP contribution in [-0.2, 0) is 9.53 Å². The number of ether oxygens (including phenoxy) is 2.